The fraction of sp³-hybridized carbons (Fsp3) is 0.525. The average molecular weight is 1120 g/mol. The number of nitrogens with one attached hydrogen (secondary N) is 4. The number of nitrogens with zero attached hydrogens (tertiary/aromatic N) is 5. The maximum absolute atomic E-state index is 13.4. The number of carbonyl (C=O) groups is 2. The normalized spacial score (nSPS) is 16.5. The second-order valence-corrected chi connectivity index (χ2v) is 21.9. The first kappa shape index (κ1) is 62.9. The van der Waals surface area contributed by atoms with Gasteiger partial charge in [0.05, 0.1) is 78.3 Å². The van der Waals surface area contributed by atoms with Crippen LogP contribution in [0.3, 0.4) is 0 Å². The van der Waals surface area contributed by atoms with Gasteiger partial charge in [0.1, 0.15) is 29.4 Å². The van der Waals surface area contributed by atoms with Gasteiger partial charge < -0.3 is 53.4 Å². The zero-order chi connectivity index (χ0) is 57.4. The summed E-state index contributed by atoms with van der Waals surface area (Å²) in [5, 5.41) is 18.4. The number of rotatable bonds is 36. The molecular formula is C59H82N9O11P. The summed E-state index contributed by atoms with van der Waals surface area (Å²) in [7, 11) is -0.0722. The summed E-state index contributed by atoms with van der Waals surface area (Å²) >= 11 is 0. The molecule has 1 fully saturated rings. The van der Waals surface area contributed by atoms with Gasteiger partial charge in [0.2, 0.25) is 17.8 Å². The minimum Gasteiger partial charge on any atom is -0.497 e. The number of hydrogen-bond donors (Lipinski definition) is 4. The number of H-pyrrole nitrogens is 1. The third-order valence-corrected chi connectivity index (χ3v) is 15.2. The van der Waals surface area contributed by atoms with Gasteiger partial charge in [0.25, 0.3) is 14.1 Å². The summed E-state index contributed by atoms with van der Waals surface area (Å²) in [4.78, 5) is 49.5. The molecule has 20 nitrogen and oxygen atoms in total. The number of fused-ring (bicyclic) bond motifs is 1. The van der Waals surface area contributed by atoms with Crippen LogP contribution in [-0.4, -0.2) is 133 Å². The molecule has 6 rings (SSSR count). The van der Waals surface area contributed by atoms with Crippen LogP contribution >= 0.6 is 8.53 Å². The van der Waals surface area contributed by atoms with Gasteiger partial charge >= 0.3 is 0 Å². The SMILES string of the molecule is C=C(C)C(=O)NCCOCCOCCNC(=O)CCCCCOc1ccc(C(OC[C@H]2O[C@@H](n3cnc4c(=O)[nH]c(NCC(C)C)nc43)C[C@@H]2OP(OCCC#N)N(C(C)C)C(C)C)(c2ccccc2)c2ccc(OC)cc2)cc1. The number of ether oxygens (including phenoxy) is 6. The lowest BCUT2D eigenvalue weighted by Crippen LogP contribution is -2.39. The number of unbranched alkanes of at least 4 members (excludes halogenated alkanes) is 2. The molecule has 1 saturated heterocycles. The second-order valence-electron chi connectivity index (χ2n) is 20.4. The van der Waals surface area contributed by atoms with E-state index in [0.29, 0.717) is 100 Å². The average Bonchev–Trinajstić information content (AvgIpc) is 4.11. The van der Waals surface area contributed by atoms with Crippen LogP contribution in [0.4, 0.5) is 5.95 Å². The third-order valence-electron chi connectivity index (χ3n) is 13.1. The van der Waals surface area contributed by atoms with Crippen molar-refractivity contribution in [1.82, 2.24) is 34.8 Å². The largest absolute Gasteiger partial charge is 0.497 e. The number of methoxy groups -OCH3 is 1. The lowest BCUT2D eigenvalue weighted by atomic mass is 9.80. The van der Waals surface area contributed by atoms with Crippen LogP contribution in [-0.2, 0) is 43.2 Å². The highest BCUT2D eigenvalue weighted by atomic mass is 31.2. The minimum atomic E-state index is -1.71. The van der Waals surface area contributed by atoms with Crippen LogP contribution < -0.4 is 31.0 Å². The van der Waals surface area contributed by atoms with E-state index >= 15 is 0 Å². The van der Waals surface area contributed by atoms with E-state index in [2.05, 4.69) is 84.8 Å². The summed E-state index contributed by atoms with van der Waals surface area (Å²) in [6, 6.07) is 28.1. The number of aromatic nitrogens is 4. The van der Waals surface area contributed by atoms with Gasteiger partial charge in [-0.3, -0.25) is 23.9 Å². The van der Waals surface area contributed by atoms with Crippen molar-refractivity contribution in [3.63, 3.8) is 0 Å². The van der Waals surface area contributed by atoms with Crippen molar-refractivity contribution in [3.05, 3.63) is 124 Å². The van der Waals surface area contributed by atoms with E-state index in [4.69, 9.17) is 42.5 Å². The molecule has 0 radical (unpaired) electrons. The van der Waals surface area contributed by atoms with Crippen molar-refractivity contribution in [3.8, 4) is 17.6 Å². The molecule has 5 atom stereocenters. The van der Waals surface area contributed by atoms with Gasteiger partial charge in [0, 0.05) is 50.1 Å². The molecule has 3 heterocycles. The van der Waals surface area contributed by atoms with E-state index in [1.165, 1.54) is 0 Å². The van der Waals surface area contributed by atoms with E-state index in [9.17, 15) is 19.6 Å². The highest BCUT2D eigenvalue weighted by molar-refractivity contribution is 7.44. The number of hydrogen-bond acceptors (Lipinski definition) is 16. The van der Waals surface area contributed by atoms with Gasteiger partial charge in [-0.05, 0) is 101 Å². The number of aromatic amines is 1. The summed E-state index contributed by atoms with van der Waals surface area (Å²) in [6.45, 7) is 21.4. The molecule has 3 aromatic carbocycles. The molecule has 2 aromatic heterocycles. The molecule has 21 heteroatoms. The number of amides is 2. The Morgan fingerprint density at radius 2 is 1.52 bits per heavy atom. The Morgan fingerprint density at radius 1 is 0.875 bits per heavy atom. The standard InChI is InChI=1S/C59H82N9O11P/c1-41(2)38-63-58-65-55-54(57(71)66-58)64-40-67(55)53-37-50(79-80(77-32-16-28-60)68(43(5)6)44(7)8)51(78-53)39-76-59(45-17-12-10-13-18-45,46-20-24-48(72-9)25-21-46)47-22-26-49(27-23-47)75-31-15-11-14-19-52(69)61-29-33-73-35-36-74-34-30-62-56(70)42(3)4/h10,12-13,17-18,20-27,40-41,43-44,50-51,53H,3,11,14-16,19,29-39H2,1-2,4-9H3,(H,61,69)(H,62,70)(H2,63,65,66,71)/t50-,51+,53+,59?,80?/m0/s1. The van der Waals surface area contributed by atoms with Crippen molar-refractivity contribution in [1.29, 1.82) is 5.26 Å². The maximum atomic E-state index is 13.4. The van der Waals surface area contributed by atoms with Crippen LogP contribution in [0.1, 0.15) is 110 Å². The smallest absolute Gasteiger partial charge is 0.280 e. The first-order valence-electron chi connectivity index (χ1n) is 27.7. The van der Waals surface area contributed by atoms with Crippen molar-refractivity contribution in [2.45, 2.75) is 123 Å². The molecule has 1 aliphatic heterocycles. The zero-order valence-corrected chi connectivity index (χ0v) is 48.6. The van der Waals surface area contributed by atoms with E-state index in [0.717, 1.165) is 36.0 Å². The van der Waals surface area contributed by atoms with Crippen LogP contribution in [0.5, 0.6) is 11.5 Å². The fourth-order valence-electron chi connectivity index (χ4n) is 9.12. The second kappa shape index (κ2) is 32.2. The summed E-state index contributed by atoms with van der Waals surface area (Å²) in [5.74, 6) is 1.79. The molecule has 2 amide bonds. The molecule has 80 heavy (non-hydrogen) atoms. The van der Waals surface area contributed by atoms with Crippen molar-refractivity contribution in [2.75, 3.05) is 78.3 Å². The first-order valence-corrected chi connectivity index (χ1v) is 28.8. The third kappa shape index (κ3) is 18.1. The Kier molecular flexibility index (Phi) is 25.4. The number of benzene rings is 3. The summed E-state index contributed by atoms with van der Waals surface area (Å²) in [6.07, 6.45) is 2.86. The molecular weight excluding hydrogens is 1040 g/mol. The van der Waals surface area contributed by atoms with E-state index < -0.39 is 32.6 Å². The Balaban J connectivity index is 1.17. The van der Waals surface area contributed by atoms with Crippen molar-refractivity contribution >= 4 is 37.5 Å². The van der Waals surface area contributed by atoms with Gasteiger partial charge in [-0.25, -0.2) is 9.65 Å². The quantitative estimate of drug-likeness (QED) is 0.0127. The molecule has 1 aliphatic rings. The van der Waals surface area contributed by atoms with E-state index in [1.807, 2.05) is 78.9 Å². The summed E-state index contributed by atoms with van der Waals surface area (Å²) in [5.41, 5.74) is 1.96. The maximum Gasteiger partial charge on any atom is 0.280 e. The Morgan fingerprint density at radius 3 is 2.15 bits per heavy atom. The highest BCUT2D eigenvalue weighted by Gasteiger charge is 2.45. The van der Waals surface area contributed by atoms with Gasteiger partial charge in [-0.1, -0.05) is 75.0 Å². The molecule has 434 valence electrons. The molecule has 4 N–H and O–H groups in total. The lowest BCUT2D eigenvalue weighted by Gasteiger charge is -2.39. The highest BCUT2D eigenvalue weighted by Crippen LogP contribution is 2.51. The first-order chi connectivity index (χ1) is 38.6. The molecule has 2 unspecified atom stereocenters. The van der Waals surface area contributed by atoms with Crippen LogP contribution in [0.25, 0.3) is 11.2 Å². The number of anilines is 1. The zero-order valence-electron chi connectivity index (χ0n) is 47.7. The van der Waals surface area contributed by atoms with E-state index in [-0.39, 0.29) is 54.6 Å². The fourth-order valence-corrected chi connectivity index (χ4v) is 10.9. The Labute approximate surface area is 472 Å². The summed E-state index contributed by atoms with van der Waals surface area (Å²) < 4.78 is 54.9. The molecule has 0 saturated carbocycles. The van der Waals surface area contributed by atoms with Crippen LogP contribution in [0.15, 0.2) is 102 Å². The number of carbonyl (C=O) groups excluding carboxylic acids is 2. The van der Waals surface area contributed by atoms with E-state index in [1.54, 1.807) is 24.9 Å². The van der Waals surface area contributed by atoms with Gasteiger partial charge in [-0.15, -0.1) is 0 Å². The van der Waals surface area contributed by atoms with Crippen LogP contribution in [0, 0.1) is 17.2 Å². The topological polar surface area (TPSA) is 235 Å². The predicted octanol–water partition coefficient (Wildman–Crippen LogP) is 8.93. The van der Waals surface area contributed by atoms with Gasteiger partial charge in [0.15, 0.2) is 11.2 Å². The number of nitriles is 1. The molecule has 5 aromatic rings. The monoisotopic (exact) mass is 1120 g/mol. The lowest BCUT2D eigenvalue weighted by molar-refractivity contribution is -0.121. The number of imidazole rings is 1. The molecule has 0 bridgehead atoms. The predicted molar refractivity (Wildman–Crippen MR) is 308 cm³/mol. The van der Waals surface area contributed by atoms with Crippen LogP contribution in [0.2, 0.25) is 0 Å². The molecule has 0 aliphatic carbocycles. The minimum absolute atomic E-state index is 0.0291. The van der Waals surface area contributed by atoms with Gasteiger partial charge in [-0.2, -0.15) is 10.2 Å². The van der Waals surface area contributed by atoms with Crippen molar-refractivity contribution in [2.24, 2.45) is 5.92 Å². The Bertz CT molecular complexity index is 2780. The Hall–Kier alpha value is -6.27. The molecule has 0 spiro atoms. The van der Waals surface area contributed by atoms with Crippen molar-refractivity contribution < 1.29 is 47.1 Å².